The molecule has 0 saturated heterocycles. The SMILES string of the molecule is Cc1ccc(C(=O)NC2CC2)cc1-c1ccc2c(N(C)C)nncc2c1. The van der Waals surface area contributed by atoms with Crippen molar-refractivity contribution in [2.45, 2.75) is 25.8 Å². The van der Waals surface area contributed by atoms with Crippen LogP contribution in [-0.2, 0) is 0 Å². The second kappa shape index (κ2) is 6.41. The van der Waals surface area contributed by atoms with Crippen LogP contribution in [0.15, 0.2) is 42.6 Å². The van der Waals surface area contributed by atoms with Crippen LogP contribution in [-0.4, -0.2) is 36.2 Å². The maximum absolute atomic E-state index is 12.4. The van der Waals surface area contributed by atoms with E-state index in [4.69, 9.17) is 0 Å². The molecule has 132 valence electrons. The highest BCUT2D eigenvalue weighted by atomic mass is 16.1. The molecule has 0 atom stereocenters. The van der Waals surface area contributed by atoms with Gasteiger partial charge in [0.2, 0.25) is 0 Å². The first-order chi connectivity index (χ1) is 12.5. The number of rotatable bonds is 4. The lowest BCUT2D eigenvalue weighted by molar-refractivity contribution is 0.0951. The number of hydrogen-bond donors (Lipinski definition) is 1. The largest absolute Gasteiger partial charge is 0.361 e. The molecule has 4 rings (SSSR count). The predicted octanol–water partition coefficient (Wildman–Crippen LogP) is 3.56. The molecule has 1 aliphatic carbocycles. The number of carbonyl (C=O) groups excluding carboxylic acids is 1. The van der Waals surface area contributed by atoms with Gasteiger partial charge in [0.1, 0.15) is 0 Å². The van der Waals surface area contributed by atoms with Gasteiger partial charge >= 0.3 is 0 Å². The van der Waals surface area contributed by atoms with Gasteiger partial charge in [0.25, 0.3) is 5.91 Å². The first kappa shape index (κ1) is 16.5. The molecule has 1 saturated carbocycles. The minimum Gasteiger partial charge on any atom is -0.361 e. The maximum Gasteiger partial charge on any atom is 0.251 e. The first-order valence-electron chi connectivity index (χ1n) is 8.87. The zero-order valence-electron chi connectivity index (χ0n) is 15.3. The van der Waals surface area contributed by atoms with Crippen LogP contribution in [0.2, 0.25) is 0 Å². The van der Waals surface area contributed by atoms with Gasteiger partial charge in [-0.1, -0.05) is 12.1 Å². The number of hydrogen-bond acceptors (Lipinski definition) is 4. The van der Waals surface area contributed by atoms with Gasteiger partial charge in [-0.15, -0.1) is 5.10 Å². The van der Waals surface area contributed by atoms with Crippen molar-refractivity contribution in [3.8, 4) is 11.1 Å². The molecule has 5 nitrogen and oxygen atoms in total. The van der Waals surface area contributed by atoms with Crippen molar-refractivity contribution in [3.05, 3.63) is 53.7 Å². The number of amides is 1. The number of nitrogens with one attached hydrogen (secondary N) is 1. The van der Waals surface area contributed by atoms with Crippen LogP contribution in [0.1, 0.15) is 28.8 Å². The van der Waals surface area contributed by atoms with Crippen molar-refractivity contribution in [2.24, 2.45) is 0 Å². The van der Waals surface area contributed by atoms with Gasteiger partial charge in [-0.2, -0.15) is 5.10 Å². The van der Waals surface area contributed by atoms with Crippen molar-refractivity contribution in [3.63, 3.8) is 0 Å². The summed E-state index contributed by atoms with van der Waals surface area (Å²) in [6, 6.07) is 12.5. The summed E-state index contributed by atoms with van der Waals surface area (Å²) in [6.45, 7) is 2.07. The smallest absolute Gasteiger partial charge is 0.251 e. The van der Waals surface area contributed by atoms with Crippen molar-refractivity contribution >= 4 is 22.5 Å². The van der Waals surface area contributed by atoms with Gasteiger partial charge < -0.3 is 10.2 Å². The molecular weight excluding hydrogens is 324 g/mol. The Kier molecular flexibility index (Phi) is 4.07. The first-order valence-corrected chi connectivity index (χ1v) is 8.87. The molecule has 1 fully saturated rings. The summed E-state index contributed by atoms with van der Waals surface area (Å²) in [5.41, 5.74) is 3.99. The lowest BCUT2D eigenvalue weighted by Gasteiger charge is -2.14. The number of aromatic nitrogens is 2. The van der Waals surface area contributed by atoms with Crippen LogP contribution >= 0.6 is 0 Å². The third-order valence-electron chi connectivity index (χ3n) is 4.79. The van der Waals surface area contributed by atoms with E-state index in [0.29, 0.717) is 11.6 Å². The van der Waals surface area contributed by atoms with E-state index in [1.807, 2.05) is 37.2 Å². The van der Waals surface area contributed by atoms with E-state index in [0.717, 1.165) is 46.1 Å². The maximum atomic E-state index is 12.4. The van der Waals surface area contributed by atoms with Crippen LogP contribution in [0.3, 0.4) is 0 Å². The van der Waals surface area contributed by atoms with E-state index in [2.05, 4.69) is 40.6 Å². The molecule has 3 aromatic rings. The fraction of sp³-hybridized carbons (Fsp3) is 0.286. The average molecular weight is 346 g/mol. The third-order valence-corrected chi connectivity index (χ3v) is 4.79. The molecular formula is C21H22N4O. The molecule has 1 aliphatic rings. The van der Waals surface area contributed by atoms with E-state index >= 15 is 0 Å². The van der Waals surface area contributed by atoms with Crippen molar-refractivity contribution in [2.75, 3.05) is 19.0 Å². The summed E-state index contributed by atoms with van der Waals surface area (Å²) in [5, 5.41) is 13.5. The molecule has 1 N–H and O–H groups in total. The van der Waals surface area contributed by atoms with Crippen molar-refractivity contribution < 1.29 is 4.79 Å². The summed E-state index contributed by atoms with van der Waals surface area (Å²) in [5.74, 6) is 0.860. The predicted molar refractivity (Wildman–Crippen MR) is 105 cm³/mol. The number of aryl methyl sites for hydroxylation is 1. The van der Waals surface area contributed by atoms with E-state index in [1.54, 1.807) is 6.20 Å². The molecule has 5 heteroatoms. The van der Waals surface area contributed by atoms with E-state index in [9.17, 15) is 4.79 Å². The van der Waals surface area contributed by atoms with Crippen LogP contribution in [0, 0.1) is 6.92 Å². The molecule has 1 amide bonds. The summed E-state index contributed by atoms with van der Waals surface area (Å²) in [6.07, 6.45) is 3.96. The Balaban J connectivity index is 1.75. The highest BCUT2D eigenvalue weighted by Gasteiger charge is 2.24. The fourth-order valence-corrected chi connectivity index (χ4v) is 3.14. The van der Waals surface area contributed by atoms with Crippen LogP contribution in [0.4, 0.5) is 5.82 Å². The zero-order chi connectivity index (χ0) is 18.3. The Bertz CT molecular complexity index is 992. The standard InChI is InChI=1S/C21H22N4O/c1-13-4-5-15(21(26)23-17-7-8-17)11-19(13)14-6-9-18-16(10-14)12-22-24-20(18)25(2)3/h4-6,9-12,17H,7-8H2,1-3H3,(H,23,26). The topological polar surface area (TPSA) is 58.1 Å². The highest BCUT2D eigenvalue weighted by molar-refractivity contribution is 5.97. The van der Waals surface area contributed by atoms with Crippen LogP contribution in [0.5, 0.6) is 0 Å². The van der Waals surface area contributed by atoms with E-state index in [1.165, 1.54) is 0 Å². The Hall–Kier alpha value is -2.95. The van der Waals surface area contributed by atoms with Gasteiger partial charge in [-0.3, -0.25) is 4.79 Å². The second-order valence-corrected chi connectivity index (χ2v) is 7.14. The lowest BCUT2D eigenvalue weighted by Crippen LogP contribution is -2.25. The van der Waals surface area contributed by atoms with Crippen LogP contribution < -0.4 is 10.2 Å². The molecule has 0 spiro atoms. The van der Waals surface area contributed by atoms with E-state index < -0.39 is 0 Å². The molecule has 26 heavy (non-hydrogen) atoms. The molecule has 0 aliphatic heterocycles. The highest BCUT2D eigenvalue weighted by Crippen LogP contribution is 2.30. The Labute approximate surface area is 153 Å². The number of carbonyl (C=O) groups is 1. The monoisotopic (exact) mass is 346 g/mol. The minimum absolute atomic E-state index is 0.00954. The summed E-state index contributed by atoms with van der Waals surface area (Å²) in [4.78, 5) is 14.3. The van der Waals surface area contributed by atoms with Gasteiger partial charge in [0.05, 0.1) is 6.20 Å². The molecule has 0 radical (unpaired) electrons. The molecule has 1 aromatic heterocycles. The average Bonchev–Trinajstić information content (AvgIpc) is 3.45. The molecule has 0 bridgehead atoms. The van der Waals surface area contributed by atoms with Crippen molar-refractivity contribution in [1.29, 1.82) is 0 Å². The Morgan fingerprint density at radius 1 is 1.15 bits per heavy atom. The number of nitrogens with zero attached hydrogens (tertiary/aromatic N) is 3. The van der Waals surface area contributed by atoms with Gasteiger partial charge in [0, 0.05) is 36.5 Å². The fourth-order valence-electron chi connectivity index (χ4n) is 3.14. The molecule has 2 aromatic carbocycles. The molecule has 0 unspecified atom stereocenters. The van der Waals surface area contributed by atoms with Crippen LogP contribution in [0.25, 0.3) is 21.9 Å². The second-order valence-electron chi connectivity index (χ2n) is 7.14. The van der Waals surface area contributed by atoms with Gasteiger partial charge in [0.15, 0.2) is 5.82 Å². The van der Waals surface area contributed by atoms with Gasteiger partial charge in [-0.05, 0) is 60.7 Å². The number of benzene rings is 2. The Morgan fingerprint density at radius 3 is 2.69 bits per heavy atom. The number of anilines is 1. The third kappa shape index (κ3) is 3.12. The summed E-state index contributed by atoms with van der Waals surface area (Å²) >= 11 is 0. The van der Waals surface area contributed by atoms with Gasteiger partial charge in [-0.25, -0.2) is 0 Å². The minimum atomic E-state index is 0.00954. The normalized spacial score (nSPS) is 13.7. The Morgan fingerprint density at radius 2 is 1.96 bits per heavy atom. The lowest BCUT2D eigenvalue weighted by atomic mass is 9.96. The molecule has 1 heterocycles. The summed E-state index contributed by atoms with van der Waals surface area (Å²) in [7, 11) is 3.92. The quantitative estimate of drug-likeness (QED) is 0.785. The number of fused-ring (bicyclic) bond motifs is 1. The summed E-state index contributed by atoms with van der Waals surface area (Å²) < 4.78 is 0. The van der Waals surface area contributed by atoms with E-state index in [-0.39, 0.29) is 5.91 Å². The zero-order valence-corrected chi connectivity index (χ0v) is 15.3. The van der Waals surface area contributed by atoms with Crippen molar-refractivity contribution in [1.82, 2.24) is 15.5 Å².